The van der Waals surface area contributed by atoms with E-state index in [1.807, 2.05) is 0 Å². The standard InChI is InChI=1S/C56H98O6/c1-4-7-10-13-16-19-21-22-23-24-25-26-27-28-29-30-31-32-33-34-35-38-40-43-46-49-55(58)61-52-53(51-60-54(57)48-45-42-39-36-18-15-12-9-6-3)62-56(59)50-47-44-41-37-20-17-14-11-8-5-2/h7,10-11,14,16,19,22-23,25-26,53H,4-6,8-9,12-13,15,17-18,20-21,24,27-52H2,1-3H3/b10-7-,14-11-,19-16-,23-22-,26-25-. The predicted octanol–water partition coefficient (Wildman–Crippen LogP) is 17.3. The number of esters is 3. The molecule has 1 unspecified atom stereocenters. The first-order valence-corrected chi connectivity index (χ1v) is 26.3. The first-order valence-electron chi connectivity index (χ1n) is 26.3. The van der Waals surface area contributed by atoms with Gasteiger partial charge in [0.2, 0.25) is 0 Å². The maximum Gasteiger partial charge on any atom is 0.306 e. The maximum atomic E-state index is 12.7. The van der Waals surface area contributed by atoms with Crippen LogP contribution in [0, 0.1) is 0 Å². The van der Waals surface area contributed by atoms with Crippen molar-refractivity contribution < 1.29 is 28.6 Å². The van der Waals surface area contributed by atoms with E-state index < -0.39 is 6.10 Å². The lowest BCUT2D eigenvalue weighted by molar-refractivity contribution is -0.167. The quantitative estimate of drug-likeness (QED) is 0.0262. The highest BCUT2D eigenvalue weighted by molar-refractivity contribution is 5.71. The van der Waals surface area contributed by atoms with Crippen LogP contribution < -0.4 is 0 Å². The molecule has 0 aromatic carbocycles. The van der Waals surface area contributed by atoms with Crippen molar-refractivity contribution >= 4 is 17.9 Å². The summed E-state index contributed by atoms with van der Waals surface area (Å²) in [5.74, 6) is -0.888. The van der Waals surface area contributed by atoms with Gasteiger partial charge in [0.05, 0.1) is 0 Å². The van der Waals surface area contributed by atoms with Gasteiger partial charge in [0.25, 0.3) is 0 Å². The average molecular weight is 867 g/mol. The molecule has 6 heteroatoms. The summed E-state index contributed by atoms with van der Waals surface area (Å²) in [7, 11) is 0. The zero-order valence-corrected chi connectivity index (χ0v) is 40.9. The molecule has 0 N–H and O–H groups in total. The Morgan fingerprint density at radius 3 is 1.06 bits per heavy atom. The van der Waals surface area contributed by atoms with E-state index in [1.165, 1.54) is 116 Å². The van der Waals surface area contributed by atoms with Gasteiger partial charge in [-0.15, -0.1) is 0 Å². The molecule has 0 amide bonds. The molecule has 0 rings (SSSR count). The van der Waals surface area contributed by atoms with Crippen molar-refractivity contribution in [2.24, 2.45) is 0 Å². The molecule has 0 radical (unpaired) electrons. The van der Waals surface area contributed by atoms with E-state index in [4.69, 9.17) is 14.2 Å². The van der Waals surface area contributed by atoms with Gasteiger partial charge in [0.15, 0.2) is 6.10 Å². The summed E-state index contributed by atoms with van der Waals surface area (Å²) < 4.78 is 16.7. The Bertz CT molecular complexity index is 1130. The fourth-order valence-corrected chi connectivity index (χ4v) is 7.32. The number of rotatable bonds is 47. The van der Waals surface area contributed by atoms with Crippen molar-refractivity contribution in [3.63, 3.8) is 0 Å². The van der Waals surface area contributed by atoms with Gasteiger partial charge in [0, 0.05) is 19.3 Å². The molecule has 0 aromatic heterocycles. The van der Waals surface area contributed by atoms with Crippen molar-refractivity contribution in [2.75, 3.05) is 13.2 Å². The molecule has 0 heterocycles. The first-order chi connectivity index (χ1) is 30.5. The van der Waals surface area contributed by atoms with Crippen molar-refractivity contribution in [2.45, 2.75) is 264 Å². The lowest BCUT2D eigenvalue weighted by Gasteiger charge is -2.18. The molecular weight excluding hydrogens is 769 g/mol. The lowest BCUT2D eigenvalue weighted by Crippen LogP contribution is -2.30. The number of carbonyl (C=O) groups excluding carboxylic acids is 3. The summed E-state index contributed by atoms with van der Waals surface area (Å²) in [6.07, 6.45) is 62.3. The second-order valence-electron chi connectivity index (χ2n) is 17.4. The van der Waals surface area contributed by atoms with E-state index in [0.29, 0.717) is 19.3 Å². The number of hydrogen-bond donors (Lipinski definition) is 0. The highest BCUT2D eigenvalue weighted by Gasteiger charge is 2.19. The van der Waals surface area contributed by atoms with E-state index in [0.717, 1.165) is 103 Å². The molecule has 6 nitrogen and oxygen atoms in total. The minimum atomic E-state index is -0.774. The van der Waals surface area contributed by atoms with Crippen LogP contribution in [0.2, 0.25) is 0 Å². The molecule has 0 aliphatic rings. The summed E-state index contributed by atoms with van der Waals surface area (Å²) in [5.41, 5.74) is 0. The maximum absolute atomic E-state index is 12.7. The molecule has 0 aromatic rings. The van der Waals surface area contributed by atoms with Crippen LogP contribution in [0.15, 0.2) is 60.8 Å². The van der Waals surface area contributed by atoms with Crippen LogP contribution in [0.3, 0.4) is 0 Å². The summed E-state index contributed by atoms with van der Waals surface area (Å²) >= 11 is 0. The fourth-order valence-electron chi connectivity index (χ4n) is 7.32. The van der Waals surface area contributed by atoms with Gasteiger partial charge in [0.1, 0.15) is 13.2 Å². The summed E-state index contributed by atoms with van der Waals surface area (Å²) in [4.78, 5) is 37.8. The number of ether oxygens (including phenoxy) is 3. The topological polar surface area (TPSA) is 78.9 Å². The van der Waals surface area contributed by atoms with Gasteiger partial charge in [-0.25, -0.2) is 0 Å². The Morgan fingerprint density at radius 1 is 0.339 bits per heavy atom. The molecule has 0 aliphatic heterocycles. The van der Waals surface area contributed by atoms with Crippen LogP contribution in [0.1, 0.15) is 258 Å². The van der Waals surface area contributed by atoms with Gasteiger partial charge >= 0.3 is 17.9 Å². The van der Waals surface area contributed by atoms with Crippen molar-refractivity contribution in [3.05, 3.63) is 60.8 Å². The molecule has 0 saturated carbocycles. The Labute approximate surface area is 383 Å². The van der Waals surface area contributed by atoms with Gasteiger partial charge in [-0.05, 0) is 77.0 Å². The third-order valence-corrected chi connectivity index (χ3v) is 11.2. The minimum Gasteiger partial charge on any atom is -0.462 e. The Hall–Kier alpha value is -2.89. The molecule has 0 bridgehead atoms. The van der Waals surface area contributed by atoms with E-state index >= 15 is 0 Å². The lowest BCUT2D eigenvalue weighted by atomic mass is 10.0. The second-order valence-corrected chi connectivity index (χ2v) is 17.4. The normalized spacial score (nSPS) is 12.5. The first kappa shape index (κ1) is 59.1. The van der Waals surface area contributed by atoms with Crippen molar-refractivity contribution in [1.82, 2.24) is 0 Å². The zero-order valence-electron chi connectivity index (χ0n) is 40.9. The number of carbonyl (C=O) groups is 3. The molecule has 0 spiro atoms. The minimum absolute atomic E-state index is 0.0759. The van der Waals surface area contributed by atoms with E-state index in [2.05, 4.69) is 81.5 Å². The van der Waals surface area contributed by atoms with Crippen LogP contribution >= 0.6 is 0 Å². The van der Waals surface area contributed by atoms with Crippen molar-refractivity contribution in [1.29, 1.82) is 0 Å². The van der Waals surface area contributed by atoms with Crippen LogP contribution in [-0.4, -0.2) is 37.2 Å². The van der Waals surface area contributed by atoms with E-state index in [9.17, 15) is 14.4 Å². The highest BCUT2D eigenvalue weighted by atomic mass is 16.6. The third kappa shape index (κ3) is 48.1. The van der Waals surface area contributed by atoms with Gasteiger partial charge in [-0.2, -0.15) is 0 Å². The number of unbranched alkanes of at least 4 members (excludes halogenated alkanes) is 26. The molecule has 0 aliphatic carbocycles. The Kier molecular flexibility index (Phi) is 48.4. The monoisotopic (exact) mass is 867 g/mol. The van der Waals surface area contributed by atoms with Crippen LogP contribution in [0.5, 0.6) is 0 Å². The Balaban J connectivity index is 4.14. The predicted molar refractivity (Wildman–Crippen MR) is 265 cm³/mol. The van der Waals surface area contributed by atoms with Crippen molar-refractivity contribution in [3.8, 4) is 0 Å². The zero-order chi connectivity index (χ0) is 45.1. The largest absolute Gasteiger partial charge is 0.462 e. The van der Waals surface area contributed by atoms with Gasteiger partial charge in [-0.1, -0.05) is 223 Å². The number of allylic oxidation sites excluding steroid dienone is 10. The molecule has 0 fully saturated rings. The Morgan fingerprint density at radius 2 is 0.661 bits per heavy atom. The van der Waals surface area contributed by atoms with E-state index in [-0.39, 0.29) is 31.1 Å². The third-order valence-electron chi connectivity index (χ3n) is 11.2. The average Bonchev–Trinajstić information content (AvgIpc) is 3.27. The van der Waals surface area contributed by atoms with Gasteiger partial charge < -0.3 is 14.2 Å². The highest BCUT2D eigenvalue weighted by Crippen LogP contribution is 2.15. The van der Waals surface area contributed by atoms with Crippen LogP contribution in [0.25, 0.3) is 0 Å². The fraction of sp³-hybridized carbons (Fsp3) is 0.768. The van der Waals surface area contributed by atoms with Crippen LogP contribution in [-0.2, 0) is 28.6 Å². The molecule has 358 valence electrons. The smallest absolute Gasteiger partial charge is 0.306 e. The molecule has 62 heavy (non-hydrogen) atoms. The van der Waals surface area contributed by atoms with Crippen LogP contribution in [0.4, 0.5) is 0 Å². The number of hydrogen-bond acceptors (Lipinski definition) is 6. The molecule has 1 atom stereocenters. The molecule has 0 saturated heterocycles. The van der Waals surface area contributed by atoms with E-state index in [1.54, 1.807) is 0 Å². The van der Waals surface area contributed by atoms with Gasteiger partial charge in [-0.3, -0.25) is 14.4 Å². The molecular formula is C56H98O6. The summed E-state index contributed by atoms with van der Waals surface area (Å²) in [6.45, 7) is 6.44. The second kappa shape index (κ2) is 50.8. The summed E-state index contributed by atoms with van der Waals surface area (Å²) in [6, 6.07) is 0. The SMILES string of the molecule is CC/C=C\C/C=C\C/C=C\C/C=C\CCCCCCCCCCCCCCC(=O)OCC(COC(=O)CCCCCCCCCCC)OC(=O)CCCCCCC/C=C\CCC. The summed E-state index contributed by atoms with van der Waals surface area (Å²) in [5, 5.41) is 0.